The first-order valence-corrected chi connectivity index (χ1v) is 10.9. The third-order valence-electron chi connectivity index (χ3n) is 5.90. The van der Waals surface area contributed by atoms with Gasteiger partial charge in [-0.2, -0.15) is 0 Å². The van der Waals surface area contributed by atoms with E-state index in [2.05, 4.69) is 25.8 Å². The van der Waals surface area contributed by atoms with Crippen LogP contribution in [0.15, 0.2) is 54.7 Å². The zero-order valence-corrected chi connectivity index (χ0v) is 18.8. The third kappa shape index (κ3) is 3.99. The molecule has 0 unspecified atom stereocenters. The summed E-state index contributed by atoms with van der Waals surface area (Å²) in [5.41, 5.74) is 5.04. The Hall–Kier alpha value is -3.23. The van der Waals surface area contributed by atoms with E-state index in [9.17, 15) is 15.0 Å². The number of thiocarbonyl (C=S) groups is 1. The van der Waals surface area contributed by atoms with Crippen molar-refractivity contribution in [2.75, 3.05) is 13.2 Å². The van der Waals surface area contributed by atoms with Gasteiger partial charge in [0.1, 0.15) is 0 Å². The molecule has 0 amide bonds. The van der Waals surface area contributed by atoms with Gasteiger partial charge in [0.05, 0.1) is 23.3 Å². The van der Waals surface area contributed by atoms with E-state index in [4.69, 9.17) is 12.2 Å². The van der Waals surface area contributed by atoms with Crippen molar-refractivity contribution in [3.63, 3.8) is 0 Å². The Bertz CT molecular complexity index is 1150. The molecular weight excluding hydrogens is 424 g/mol. The fraction of sp³-hybridized carbons (Fsp3) is 0.292. The smallest absolute Gasteiger partial charge is 0.335 e. The lowest BCUT2D eigenvalue weighted by Crippen LogP contribution is -2.31. The van der Waals surface area contributed by atoms with Crippen LogP contribution in [0.2, 0.25) is 0 Å². The van der Waals surface area contributed by atoms with Crippen molar-refractivity contribution in [3.05, 3.63) is 82.9 Å². The summed E-state index contributed by atoms with van der Waals surface area (Å²) in [6.07, 6.45) is 2.38. The fourth-order valence-corrected chi connectivity index (χ4v) is 4.82. The van der Waals surface area contributed by atoms with Crippen LogP contribution in [-0.4, -0.2) is 48.9 Å². The minimum atomic E-state index is -0.953. The number of nitrogens with one attached hydrogen (secondary N) is 1. The Kier molecular flexibility index (Phi) is 6.25. The van der Waals surface area contributed by atoms with Gasteiger partial charge in [-0.1, -0.05) is 12.1 Å². The number of carboxylic acid groups (broad SMARTS) is 1. The number of aromatic carboxylic acids is 1. The summed E-state index contributed by atoms with van der Waals surface area (Å²) in [5.74, 6) is -0.953. The largest absolute Gasteiger partial charge is 0.478 e. The number of nitrogens with zero attached hydrogens (tertiary/aromatic N) is 3. The molecule has 3 heterocycles. The Morgan fingerprint density at radius 1 is 1.19 bits per heavy atom. The molecule has 7 nitrogen and oxygen atoms in total. The minimum absolute atomic E-state index is 0.0844. The monoisotopic (exact) mass is 450 g/mol. The van der Waals surface area contributed by atoms with Gasteiger partial charge in [0.15, 0.2) is 5.11 Å². The Morgan fingerprint density at radius 2 is 2.00 bits per heavy atom. The van der Waals surface area contributed by atoms with Crippen molar-refractivity contribution in [2.45, 2.75) is 32.4 Å². The molecule has 8 heteroatoms. The van der Waals surface area contributed by atoms with Gasteiger partial charge in [-0.05, 0) is 74.4 Å². The molecule has 166 valence electrons. The molecule has 1 fully saturated rings. The zero-order valence-electron chi connectivity index (χ0n) is 18.0. The van der Waals surface area contributed by atoms with E-state index in [-0.39, 0.29) is 24.3 Å². The SMILES string of the molecule is Cc1cc([C@H]2[C@@H](c3ccccn3)NC(=S)N2CCCO)c(C)n1-c1cccc(C(=O)O)c1. The first-order chi connectivity index (χ1) is 15.4. The number of aromatic nitrogens is 2. The molecular formula is C24H26N4O3S. The number of aliphatic hydroxyl groups is 1. The van der Waals surface area contributed by atoms with Gasteiger partial charge < -0.3 is 25.0 Å². The quantitative estimate of drug-likeness (QED) is 0.474. The van der Waals surface area contributed by atoms with E-state index in [0.717, 1.165) is 28.3 Å². The molecule has 1 aliphatic heterocycles. The van der Waals surface area contributed by atoms with Crippen LogP contribution >= 0.6 is 12.2 Å². The number of aliphatic hydroxyl groups excluding tert-OH is 1. The molecule has 1 saturated heterocycles. The van der Waals surface area contributed by atoms with Crippen molar-refractivity contribution in [1.29, 1.82) is 0 Å². The summed E-state index contributed by atoms with van der Waals surface area (Å²) in [6, 6.07) is 14.7. The molecule has 32 heavy (non-hydrogen) atoms. The maximum Gasteiger partial charge on any atom is 0.335 e. The number of carboxylic acids is 1. The number of carbonyl (C=O) groups is 1. The van der Waals surface area contributed by atoms with Crippen LogP contribution in [0, 0.1) is 13.8 Å². The van der Waals surface area contributed by atoms with E-state index < -0.39 is 5.97 Å². The van der Waals surface area contributed by atoms with Crippen LogP contribution in [0.3, 0.4) is 0 Å². The maximum atomic E-state index is 11.5. The summed E-state index contributed by atoms with van der Waals surface area (Å²) in [4.78, 5) is 18.2. The second-order valence-corrected chi connectivity index (χ2v) is 8.30. The highest BCUT2D eigenvalue weighted by Gasteiger charge is 2.41. The Balaban J connectivity index is 1.82. The highest BCUT2D eigenvalue weighted by molar-refractivity contribution is 7.80. The third-order valence-corrected chi connectivity index (χ3v) is 6.25. The number of hydrogen-bond donors (Lipinski definition) is 3. The van der Waals surface area contributed by atoms with Gasteiger partial charge in [0, 0.05) is 36.4 Å². The second-order valence-electron chi connectivity index (χ2n) is 7.91. The van der Waals surface area contributed by atoms with Crippen LogP contribution < -0.4 is 5.32 Å². The van der Waals surface area contributed by atoms with Crippen molar-refractivity contribution >= 4 is 23.3 Å². The molecule has 3 aromatic rings. The maximum absolute atomic E-state index is 11.5. The summed E-state index contributed by atoms with van der Waals surface area (Å²) in [7, 11) is 0. The molecule has 3 N–H and O–H groups in total. The molecule has 0 radical (unpaired) electrons. The highest BCUT2D eigenvalue weighted by Crippen LogP contribution is 2.41. The van der Waals surface area contributed by atoms with Crippen molar-refractivity contribution in [2.24, 2.45) is 0 Å². The first-order valence-electron chi connectivity index (χ1n) is 10.5. The van der Waals surface area contributed by atoms with Crippen LogP contribution in [0.5, 0.6) is 0 Å². The molecule has 0 bridgehead atoms. The molecule has 1 aromatic carbocycles. The molecule has 2 aromatic heterocycles. The summed E-state index contributed by atoms with van der Waals surface area (Å²) < 4.78 is 2.07. The standard InChI is InChI=1S/C24H26N4O3S/c1-15-13-19(16(2)28(15)18-8-5-7-17(14-18)23(30)31)22-21(20-9-3-4-10-25-20)26-24(32)27(22)11-6-12-29/h3-5,7-10,13-14,21-22,29H,6,11-12H2,1-2H3,(H,26,32)(H,30,31)/t21-,22+/m1/s1. The number of benzene rings is 1. The van der Waals surface area contributed by atoms with E-state index >= 15 is 0 Å². The highest BCUT2D eigenvalue weighted by atomic mass is 32.1. The first kappa shape index (κ1) is 22.0. The lowest BCUT2D eigenvalue weighted by Gasteiger charge is -2.28. The molecule has 2 atom stereocenters. The van der Waals surface area contributed by atoms with Gasteiger partial charge >= 0.3 is 5.97 Å². The molecule has 4 rings (SSSR count). The van der Waals surface area contributed by atoms with Gasteiger partial charge in [0.2, 0.25) is 0 Å². The zero-order chi connectivity index (χ0) is 22.8. The summed E-state index contributed by atoms with van der Waals surface area (Å²) in [5, 5.41) is 22.9. The predicted octanol–water partition coefficient (Wildman–Crippen LogP) is 3.54. The molecule has 0 saturated carbocycles. The lowest BCUT2D eigenvalue weighted by atomic mass is 9.96. The van der Waals surface area contributed by atoms with Gasteiger partial charge in [0.25, 0.3) is 0 Å². The normalized spacial score (nSPS) is 18.1. The van der Waals surface area contributed by atoms with Crippen LogP contribution in [-0.2, 0) is 0 Å². The minimum Gasteiger partial charge on any atom is -0.478 e. The molecule has 0 spiro atoms. The van der Waals surface area contributed by atoms with Crippen LogP contribution in [0.1, 0.15) is 51.5 Å². The number of pyridine rings is 1. The second kappa shape index (κ2) is 9.10. The fourth-order valence-electron chi connectivity index (χ4n) is 4.49. The summed E-state index contributed by atoms with van der Waals surface area (Å²) in [6.45, 7) is 4.75. The number of rotatable bonds is 7. The van der Waals surface area contributed by atoms with Gasteiger partial charge in [-0.3, -0.25) is 4.98 Å². The topological polar surface area (TPSA) is 90.6 Å². The van der Waals surface area contributed by atoms with E-state index in [1.165, 1.54) is 0 Å². The van der Waals surface area contributed by atoms with Crippen LogP contribution in [0.4, 0.5) is 0 Å². The van der Waals surface area contributed by atoms with E-state index in [0.29, 0.717) is 18.1 Å². The molecule has 0 aliphatic carbocycles. The predicted molar refractivity (Wildman–Crippen MR) is 126 cm³/mol. The van der Waals surface area contributed by atoms with Crippen molar-refractivity contribution in [1.82, 2.24) is 19.8 Å². The van der Waals surface area contributed by atoms with E-state index in [1.54, 1.807) is 24.4 Å². The summed E-state index contributed by atoms with van der Waals surface area (Å²) >= 11 is 5.66. The average Bonchev–Trinajstić information content (AvgIpc) is 3.27. The van der Waals surface area contributed by atoms with Crippen molar-refractivity contribution in [3.8, 4) is 5.69 Å². The Labute approximate surface area is 192 Å². The van der Waals surface area contributed by atoms with Gasteiger partial charge in [-0.15, -0.1) is 0 Å². The number of aryl methyl sites for hydroxylation is 1. The van der Waals surface area contributed by atoms with Crippen molar-refractivity contribution < 1.29 is 15.0 Å². The van der Waals surface area contributed by atoms with Gasteiger partial charge in [-0.25, -0.2) is 4.79 Å². The van der Waals surface area contributed by atoms with E-state index in [1.807, 2.05) is 38.1 Å². The Morgan fingerprint density at radius 3 is 2.69 bits per heavy atom. The molecule has 1 aliphatic rings. The number of hydrogen-bond acceptors (Lipinski definition) is 4. The lowest BCUT2D eigenvalue weighted by molar-refractivity contribution is 0.0697. The average molecular weight is 451 g/mol. The van der Waals surface area contributed by atoms with Crippen LogP contribution in [0.25, 0.3) is 5.69 Å².